The summed E-state index contributed by atoms with van der Waals surface area (Å²) >= 11 is 3.36. The van der Waals surface area contributed by atoms with E-state index in [1.54, 1.807) is 30.1 Å². The van der Waals surface area contributed by atoms with Gasteiger partial charge in [0.25, 0.3) is 5.91 Å². The van der Waals surface area contributed by atoms with Crippen LogP contribution in [0, 0.1) is 0 Å². The molecule has 2 aromatic carbocycles. The molecule has 4 heteroatoms. The maximum atomic E-state index is 12.5. The molecule has 0 bridgehead atoms. The van der Waals surface area contributed by atoms with Crippen LogP contribution in [0.4, 0.5) is 5.69 Å². The topological polar surface area (TPSA) is 46.3 Å². The van der Waals surface area contributed by atoms with E-state index in [-0.39, 0.29) is 11.9 Å². The van der Waals surface area contributed by atoms with Crippen molar-refractivity contribution in [2.24, 2.45) is 0 Å². The normalized spacial score (nSPS) is 11.9. The molecule has 0 aliphatic rings. The summed E-state index contributed by atoms with van der Waals surface area (Å²) in [5.41, 5.74) is 8.04. The van der Waals surface area contributed by atoms with Gasteiger partial charge in [0.2, 0.25) is 0 Å². The van der Waals surface area contributed by atoms with Gasteiger partial charge in [-0.25, -0.2) is 0 Å². The zero-order chi connectivity index (χ0) is 14.7. The monoisotopic (exact) mass is 332 g/mol. The number of hydrogen-bond acceptors (Lipinski definition) is 2. The van der Waals surface area contributed by atoms with Crippen molar-refractivity contribution in [1.29, 1.82) is 0 Å². The number of benzene rings is 2. The van der Waals surface area contributed by atoms with E-state index in [1.807, 2.05) is 37.3 Å². The first-order valence-electron chi connectivity index (χ1n) is 6.37. The summed E-state index contributed by atoms with van der Waals surface area (Å²) in [6.45, 7) is 2.01. The number of halogens is 1. The van der Waals surface area contributed by atoms with Gasteiger partial charge in [-0.3, -0.25) is 4.79 Å². The van der Waals surface area contributed by atoms with Gasteiger partial charge in [-0.15, -0.1) is 0 Å². The SMILES string of the molecule is CC(c1ccccc1)N(C)C(=O)c1cc(N)cc(Br)c1. The van der Waals surface area contributed by atoms with E-state index >= 15 is 0 Å². The maximum Gasteiger partial charge on any atom is 0.254 e. The first-order valence-corrected chi connectivity index (χ1v) is 7.16. The number of nitrogens with two attached hydrogens (primary N) is 1. The van der Waals surface area contributed by atoms with Gasteiger partial charge in [-0.2, -0.15) is 0 Å². The lowest BCUT2D eigenvalue weighted by Gasteiger charge is -2.25. The number of amides is 1. The van der Waals surface area contributed by atoms with E-state index in [1.165, 1.54) is 0 Å². The second kappa shape index (κ2) is 6.09. The second-order valence-corrected chi connectivity index (χ2v) is 5.69. The average molecular weight is 333 g/mol. The largest absolute Gasteiger partial charge is 0.399 e. The predicted octanol–water partition coefficient (Wildman–Crippen LogP) is 3.86. The highest BCUT2D eigenvalue weighted by Crippen LogP contribution is 2.23. The number of anilines is 1. The van der Waals surface area contributed by atoms with E-state index in [0.29, 0.717) is 11.3 Å². The number of carbonyl (C=O) groups is 1. The van der Waals surface area contributed by atoms with Crippen LogP contribution in [0.25, 0.3) is 0 Å². The van der Waals surface area contributed by atoms with Gasteiger partial charge in [0.05, 0.1) is 6.04 Å². The molecule has 0 saturated heterocycles. The van der Waals surface area contributed by atoms with Gasteiger partial charge in [0.15, 0.2) is 0 Å². The Morgan fingerprint density at radius 2 is 1.85 bits per heavy atom. The number of carbonyl (C=O) groups excluding carboxylic acids is 1. The smallest absolute Gasteiger partial charge is 0.254 e. The molecule has 3 nitrogen and oxygen atoms in total. The van der Waals surface area contributed by atoms with Crippen LogP contribution in [-0.4, -0.2) is 17.9 Å². The molecule has 0 aliphatic heterocycles. The van der Waals surface area contributed by atoms with Gasteiger partial charge < -0.3 is 10.6 Å². The molecule has 0 aliphatic carbocycles. The van der Waals surface area contributed by atoms with E-state index in [4.69, 9.17) is 5.73 Å². The molecular weight excluding hydrogens is 316 g/mol. The van der Waals surface area contributed by atoms with E-state index in [2.05, 4.69) is 15.9 Å². The lowest BCUT2D eigenvalue weighted by molar-refractivity contribution is 0.0742. The molecule has 2 N–H and O–H groups in total. The molecule has 2 aromatic rings. The third kappa shape index (κ3) is 3.20. The van der Waals surface area contributed by atoms with Crippen molar-refractivity contribution >= 4 is 27.5 Å². The van der Waals surface area contributed by atoms with Crippen molar-refractivity contribution in [3.05, 3.63) is 64.1 Å². The Kier molecular flexibility index (Phi) is 4.45. The van der Waals surface area contributed by atoms with Crippen molar-refractivity contribution in [2.45, 2.75) is 13.0 Å². The summed E-state index contributed by atoms with van der Waals surface area (Å²) in [7, 11) is 1.80. The Bertz CT molecular complexity index is 593. The summed E-state index contributed by atoms with van der Waals surface area (Å²) in [6.07, 6.45) is 0. The fourth-order valence-electron chi connectivity index (χ4n) is 2.07. The third-order valence-electron chi connectivity index (χ3n) is 3.35. The first-order chi connectivity index (χ1) is 9.49. The highest BCUT2D eigenvalue weighted by Gasteiger charge is 2.19. The summed E-state index contributed by atoms with van der Waals surface area (Å²) in [5, 5.41) is 0. The van der Waals surface area contributed by atoms with E-state index in [0.717, 1.165) is 10.0 Å². The lowest BCUT2D eigenvalue weighted by Crippen LogP contribution is -2.29. The Labute approximate surface area is 127 Å². The molecule has 0 saturated carbocycles. The zero-order valence-electron chi connectivity index (χ0n) is 11.5. The maximum absolute atomic E-state index is 12.5. The summed E-state index contributed by atoms with van der Waals surface area (Å²) in [6, 6.07) is 15.2. The Hall–Kier alpha value is -1.81. The molecule has 0 fully saturated rings. The number of nitrogens with zero attached hydrogens (tertiary/aromatic N) is 1. The third-order valence-corrected chi connectivity index (χ3v) is 3.81. The molecule has 20 heavy (non-hydrogen) atoms. The number of rotatable bonds is 3. The van der Waals surface area contributed by atoms with Gasteiger partial charge in [0, 0.05) is 22.8 Å². The first kappa shape index (κ1) is 14.6. The quantitative estimate of drug-likeness (QED) is 0.867. The fourth-order valence-corrected chi connectivity index (χ4v) is 2.58. The van der Waals surface area contributed by atoms with Crippen LogP contribution in [-0.2, 0) is 0 Å². The van der Waals surface area contributed by atoms with Crippen molar-refractivity contribution in [3.63, 3.8) is 0 Å². The average Bonchev–Trinajstić information content (AvgIpc) is 2.45. The molecule has 0 aromatic heterocycles. The van der Waals surface area contributed by atoms with Crippen molar-refractivity contribution < 1.29 is 4.79 Å². The zero-order valence-corrected chi connectivity index (χ0v) is 13.1. The van der Waals surface area contributed by atoms with Crippen LogP contribution < -0.4 is 5.73 Å². The second-order valence-electron chi connectivity index (χ2n) is 4.78. The van der Waals surface area contributed by atoms with E-state index < -0.39 is 0 Å². The molecule has 0 heterocycles. The summed E-state index contributed by atoms with van der Waals surface area (Å²) in [4.78, 5) is 14.2. The van der Waals surface area contributed by atoms with Crippen LogP contribution in [0.15, 0.2) is 53.0 Å². The Morgan fingerprint density at radius 1 is 1.20 bits per heavy atom. The van der Waals surface area contributed by atoms with Gasteiger partial charge in [-0.1, -0.05) is 46.3 Å². The van der Waals surface area contributed by atoms with Gasteiger partial charge in [-0.05, 0) is 30.7 Å². The summed E-state index contributed by atoms with van der Waals surface area (Å²) in [5.74, 6) is -0.0469. The molecule has 1 amide bonds. The Morgan fingerprint density at radius 3 is 2.45 bits per heavy atom. The van der Waals surface area contributed by atoms with Crippen molar-refractivity contribution in [2.75, 3.05) is 12.8 Å². The highest BCUT2D eigenvalue weighted by molar-refractivity contribution is 9.10. The van der Waals surface area contributed by atoms with Crippen LogP contribution in [0.5, 0.6) is 0 Å². The minimum Gasteiger partial charge on any atom is -0.399 e. The van der Waals surface area contributed by atoms with Crippen LogP contribution >= 0.6 is 15.9 Å². The van der Waals surface area contributed by atoms with Gasteiger partial charge in [0.1, 0.15) is 0 Å². The van der Waals surface area contributed by atoms with Gasteiger partial charge >= 0.3 is 0 Å². The van der Waals surface area contributed by atoms with Crippen LogP contribution in [0.2, 0.25) is 0 Å². The standard InChI is InChI=1S/C16H17BrN2O/c1-11(12-6-4-3-5-7-12)19(2)16(20)13-8-14(17)10-15(18)9-13/h3-11H,18H2,1-2H3. The van der Waals surface area contributed by atoms with Crippen LogP contribution in [0.1, 0.15) is 28.9 Å². The molecule has 104 valence electrons. The molecule has 1 unspecified atom stereocenters. The number of nitrogen functional groups attached to an aromatic ring is 1. The molecular formula is C16H17BrN2O. The van der Waals surface area contributed by atoms with Crippen molar-refractivity contribution in [1.82, 2.24) is 4.90 Å². The lowest BCUT2D eigenvalue weighted by atomic mass is 10.1. The molecule has 0 radical (unpaired) electrons. The molecule has 1 atom stereocenters. The highest BCUT2D eigenvalue weighted by atomic mass is 79.9. The molecule has 0 spiro atoms. The van der Waals surface area contributed by atoms with Crippen LogP contribution in [0.3, 0.4) is 0 Å². The minimum atomic E-state index is -0.0469. The number of hydrogen-bond donors (Lipinski definition) is 1. The Balaban J connectivity index is 2.24. The van der Waals surface area contributed by atoms with Crippen molar-refractivity contribution in [3.8, 4) is 0 Å². The minimum absolute atomic E-state index is 0.00362. The van der Waals surface area contributed by atoms with E-state index in [9.17, 15) is 4.79 Å². The fraction of sp³-hybridized carbons (Fsp3) is 0.188. The molecule has 2 rings (SSSR count). The summed E-state index contributed by atoms with van der Waals surface area (Å²) < 4.78 is 0.807. The predicted molar refractivity (Wildman–Crippen MR) is 85.5 cm³/mol.